The zero-order valence-corrected chi connectivity index (χ0v) is 11.0. The lowest BCUT2D eigenvalue weighted by atomic mass is 10.1. The van der Waals surface area contributed by atoms with E-state index in [9.17, 15) is 13.6 Å². The summed E-state index contributed by atoms with van der Waals surface area (Å²) in [6.45, 7) is 3.92. The van der Waals surface area contributed by atoms with E-state index in [0.29, 0.717) is 5.82 Å². The van der Waals surface area contributed by atoms with Crippen molar-refractivity contribution in [3.63, 3.8) is 0 Å². The first-order valence-corrected chi connectivity index (χ1v) is 6.06. The number of nitrogens with zero attached hydrogens (tertiary/aromatic N) is 3. The number of rotatable bonds is 3. The third-order valence-electron chi connectivity index (χ3n) is 3.16. The standard InChI is InChI=1S/C13H15F2N3O/c1-4-8(2)12-16-18(13(19)17(12)3)11-6-9(14)5-10(15)7-11/h5-8H,4H2,1-3H3. The number of aromatic nitrogens is 3. The molecule has 0 aliphatic rings. The van der Waals surface area contributed by atoms with E-state index < -0.39 is 17.3 Å². The molecule has 0 radical (unpaired) electrons. The minimum absolute atomic E-state index is 0.0904. The molecule has 4 nitrogen and oxygen atoms in total. The highest BCUT2D eigenvalue weighted by atomic mass is 19.1. The fraction of sp³-hybridized carbons (Fsp3) is 0.385. The summed E-state index contributed by atoms with van der Waals surface area (Å²) in [4.78, 5) is 12.1. The highest BCUT2D eigenvalue weighted by molar-refractivity contribution is 5.31. The fourth-order valence-electron chi connectivity index (χ4n) is 1.89. The minimum atomic E-state index is -0.738. The Labute approximate surface area is 109 Å². The normalized spacial score (nSPS) is 12.7. The summed E-state index contributed by atoms with van der Waals surface area (Å²) >= 11 is 0. The van der Waals surface area contributed by atoms with Gasteiger partial charge in [-0.2, -0.15) is 4.68 Å². The summed E-state index contributed by atoms with van der Waals surface area (Å²) in [5.41, 5.74) is -0.326. The third-order valence-corrected chi connectivity index (χ3v) is 3.16. The molecule has 2 rings (SSSR count). The Morgan fingerprint density at radius 2 is 1.84 bits per heavy atom. The van der Waals surface area contributed by atoms with Crippen molar-refractivity contribution in [1.82, 2.24) is 14.3 Å². The van der Waals surface area contributed by atoms with Crippen LogP contribution in [0.25, 0.3) is 5.69 Å². The van der Waals surface area contributed by atoms with E-state index in [1.807, 2.05) is 13.8 Å². The van der Waals surface area contributed by atoms with E-state index in [4.69, 9.17) is 0 Å². The van der Waals surface area contributed by atoms with Crippen LogP contribution >= 0.6 is 0 Å². The summed E-state index contributed by atoms with van der Waals surface area (Å²) in [7, 11) is 1.60. The first-order chi connectivity index (χ1) is 8.93. The Morgan fingerprint density at radius 3 is 2.37 bits per heavy atom. The van der Waals surface area contributed by atoms with Crippen molar-refractivity contribution in [2.24, 2.45) is 7.05 Å². The van der Waals surface area contributed by atoms with Crippen molar-refractivity contribution in [2.75, 3.05) is 0 Å². The van der Waals surface area contributed by atoms with E-state index in [1.54, 1.807) is 7.05 Å². The molecular formula is C13H15F2N3O. The maximum atomic E-state index is 13.2. The number of benzene rings is 1. The van der Waals surface area contributed by atoms with Gasteiger partial charge in [0.2, 0.25) is 0 Å². The molecule has 2 aromatic rings. The fourth-order valence-corrected chi connectivity index (χ4v) is 1.89. The second-order valence-corrected chi connectivity index (χ2v) is 4.55. The van der Waals surface area contributed by atoms with Crippen LogP contribution in [0, 0.1) is 11.6 Å². The Balaban J connectivity index is 2.60. The maximum absolute atomic E-state index is 13.2. The predicted molar refractivity (Wildman–Crippen MR) is 67.4 cm³/mol. The van der Waals surface area contributed by atoms with Gasteiger partial charge in [0.25, 0.3) is 0 Å². The SMILES string of the molecule is CCC(C)c1nn(-c2cc(F)cc(F)c2)c(=O)n1C. The first kappa shape index (κ1) is 13.5. The van der Waals surface area contributed by atoms with Gasteiger partial charge in [0.1, 0.15) is 17.5 Å². The summed E-state index contributed by atoms with van der Waals surface area (Å²) in [5.74, 6) is -0.787. The van der Waals surface area contributed by atoms with Crippen LogP contribution in [-0.2, 0) is 7.05 Å². The molecule has 0 aliphatic heterocycles. The van der Waals surface area contributed by atoms with Gasteiger partial charge in [0.05, 0.1) is 5.69 Å². The summed E-state index contributed by atoms with van der Waals surface area (Å²) in [5, 5.41) is 4.17. The van der Waals surface area contributed by atoms with Gasteiger partial charge in [0.15, 0.2) is 0 Å². The maximum Gasteiger partial charge on any atom is 0.350 e. The van der Waals surface area contributed by atoms with Crippen molar-refractivity contribution in [1.29, 1.82) is 0 Å². The second kappa shape index (κ2) is 4.95. The molecule has 1 aromatic carbocycles. The lowest BCUT2D eigenvalue weighted by Crippen LogP contribution is -2.22. The smallest absolute Gasteiger partial charge is 0.282 e. The van der Waals surface area contributed by atoms with E-state index in [0.717, 1.165) is 29.3 Å². The highest BCUT2D eigenvalue weighted by Crippen LogP contribution is 2.16. The van der Waals surface area contributed by atoms with Crippen LogP contribution in [0.1, 0.15) is 32.0 Å². The van der Waals surface area contributed by atoms with Crippen molar-refractivity contribution >= 4 is 0 Å². The van der Waals surface area contributed by atoms with Crippen molar-refractivity contribution in [2.45, 2.75) is 26.2 Å². The number of halogens is 2. The zero-order valence-electron chi connectivity index (χ0n) is 11.0. The molecule has 1 heterocycles. The number of hydrogen-bond acceptors (Lipinski definition) is 2. The van der Waals surface area contributed by atoms with E-state index in [2.05, 4.69) is 5.10 Å². The Morgan fingerprint density at radius 1 is 1.26 bits per heavy atom. The van der Waals surface area contributed by atoms with Crippen molar-refractivity contribution in [3.05, 3.63) is 46.1 Å². The van der Waals surface area contributed by atoms with Gasteiger partial charge in [-0.3, -0.25) is 4.57 Å². The monoisotopic (exact) mass is 267 g/mol. The number of hydrogen-bond donors (Lipinski definition) is 0. The zero-order chi connectivity index (χ0) is 14.2. The third kappa shape index (κ3) is 2.43. The van der Waals surface area contributed by atoms with E-state index >= 15 is 0 Å². The van der Waals surface area contributed by atoms with E-state index in [-0.39, 0.29) is 11.6 Å². The molecule has 0 amide bonds. The van der Waals surface area contributed by atoms with Gasteiger partial charge in [-0.1, -0.05) is 13.8 Å². The molecule has 0 bridgehead atoms. The van der Waals surface area contributed by atoms with E-state index in [1.165, 1.54) is 4.57 Å². The van der Waals surface area contributed by atoms with Crippen LogP contribution in [0.15, 0.2) is 23.0 Å². The Kier molecular flexibility index (Phi) is 3.50. The summed E-state index contributed by atoms with van der Waals surface area (Å²) in [6.07, 6.45) is 0.821. The van der Waals surface area contributed by atoms with Gasteiger partial charge < -0.3 is 0 Å². The Hall–Kier alpha value is -1.98. The lowest BCUT2D eigenvalue weighted by molar-refractivity contribution is 0.579. The van der Waals surface area contributed by atoms with Crippen LogP contribution in [0.5, 0.6) is 0 Å². The van der Waals surface area contributed by atoms with Crippen LogP contribution in [-0.4, -0.2) is 14.3 Å². The van der Waals surface area contributed by atoms with Gasteiger partial charge >= 0.3 is 5.69 Å². The van der Waals surface area contributed by atoms with Crippen molar-refractivity contribution < 1.29 is 8.78 Å². The summed E-state index contributed by atoms with van der Waals surface area (Å²) in [6, 6.07) is 2.92. The largest absolute Gasteiger partial charge is 0.350 e. The average Bonchev–Trinajstić information content (AvgIpc) is 2.64. The van der Waals surface area contributed by atoms with Gasteiger partial charge in [-0.25, -0.2) is 13.6 Å². The van der Waals surface area contributed by atoms with Crippen LogP contribution < -0.4 is 5.69 Å². The molecule has 1 atom stereocenters. The molecule has 0 saturated carbocycles. The average molecular weight is 267 g/mol. The molecule has 0 aliphatic carbocycles. The van der Waals surface area contributed by atoms with Gasteiger partial charge in [0, 0.05) is 19.0 Å². The molecule has 0 fully saturated rings. The lowest BCUT2D eigenvalue weighted by Gasteiger charge is -2.05. The molecule has 1 aromatic heterocycles. The molecule has 0 spiro atoms. The van der Waals surface area contributed by atoms with Crippen LogP contribution in [0.4, 0.5) is 8.78 Å². The van der Waals surface area contributed by atoms with Crippen LogP contribution in [0.3, 0.4) is 0 Å². The predicted octanol–water partition coefficient (Wildman–Crippen LogP) is 2.36. The minimum Gasteiger partial charge on any atom is -0.282 e. The highest BCUT2D eigenvalue weighted by Gasteiger charge is 2.16. The van der Waals surface area contributed by atoms with Gasteiger partial charge in [-0.15, -0.1) is 5.10 Å². The molecule has 19 heavy (non-hydrogen) atoms. The topological polar surface area (TPSA) is 39.8 Å². The summed E-state index contributed by atoms with van der Waals surface area (Å²) < 4.78 is 28.8. The second-order valence-electron chi connectivity index (χ2n) is 4.55. The molecule has 0 N–H and O–H groups in total. The van der Waals surface area contributed by atoms with Crippen molar-refractivity contribution in [3.8, 4) is 5.69 Å². The quantitative estimate of drug-likeness (QED) is 0.856. The molecule has 6 heteroatoms. The molecule has 102 valence electrons. The Bertz CT molecular complexity index is 640. The first-order valence-electron chi connectivity index (χ1n) is 6.06. The molecule has 1 unspecified atom stereocenters. The molecular weight excluding hydrogens is 252 g/mol. The van der Waals surface area contributed by atoms with Crippen LogP contribution in [0.2, 0.25) is 0 Å². The van der Waals surface area contributed by atoms with Gasteiger partial charge in [-0.05, 0) is 18.6 Å². The molecule has 0 saturated heterocycles.